The van der Waals surface area contributed by atoms with Crippen LogP contribution in [0.2, 0.25) is 0 Å². The maximum Gasteiger partial charge on any atom is 0.191 e. The average Bonchev–Trinajstić information content (AvgIpc) is 2.84. The minimum absolute atomic E-state index is 0.353. The minimum atomic E-state index is 0.353. The molecule has 0 unspecified atom stereocenters. The Hall–Kier alpha value is -3.36. The van der Waals surface area contributed by atoms with Crippen molar-refractivity contribution >= 4 is 45.2 Å². The van der Waals surface area contributed by atoms with Crippen LogP contribution in [0, 0.1) is 0 Å². The Morgan fingerprint density at radius 2 is 1.76 bits per heavy atom. The van der Waals surface area contributed by atoms with Gasteiger partial charge in [0.1, 0.15) is 19.0 Å². The molecule has 34 heavy (non-hydrogen) atoms. The van der Waals surface area contributed by atoms with Gasteiger partial charge in [-0.3, -0.25) is 5.43 Å². The lowest BCUT2D eigenvalue weighted by Gasteiger charge is -2.15. The van der Waals surface area contributed by atoms with E-state index in [4.69, 9.17) is 26.4 Å². The SMILES string of the molecule is C=CCc1ccccc1OCCOc1c(Br)cc(/C=N\NC(=S)Nc2ccccc2)cc1OC. The van der Waals surface area contributed by atoms with Gasteiger partial charge in [-0.25, -0.2) is 0 Å². The van der Waals surface area contributed by atoms with Crippen LogP contribution in [0.4, 0.5) is 5.69 Å². The van der Waals surface area contributed by atoms with Crippen molar-refractivity contribution in [2.75, 3.05) is 25.6 Å². The number of para-hydroxylation sites is 2. The van der Waals surface area contributed by atoms with E-state index < -0.39 is 0 Å². The molecule has 0 amide bonds. The van der Waals surface area contributed by atoms with Crippen molar-refractivity contribution < 1.29 is 14.2 Å². The first-order valence-electron chi connectivity index (χ1n) is 10.6. The van der Waals surface area contributed by atoms with E-state index >= 15 is 0 Å². The molecule has 3 aromatic carbocycles. The molecule has 0 heterocycles. The highest BCUT2D eigenvalue weighted by molar-refractivity contribution is 9.10. The zero-order valence-corrected chi connectivity index (χ0v) is 21.2. The first-order valence-corrected chi connectivity index (χ1v) is 11.8. The molecule has 0 saturated heterocycles. The molecule has 176 valence electrons. The molecule has 3 rings (SSSR count). The van der Waals surface area contributed by atoms with Crippen molar-refractivity contribution in [1.82, 2.24) is 5.43 Å². The van der Waals surface area contributed by atoms with Gasteiger partial charge in [-0.1, -0.05) is 42.5 Å². The van der Waals surface area contributed by atoms with Crippen LogP contribution in [-0.2, 0) is 6.42 Å². The van der Waals surface area contributed by atoms with E-state index in [0.717, 1.165) is 33.5 Å². The Kier molecular flexibility index (Phi) is 9.94. The summed E-state index contributed by atoms with van der Waals surface area (Å²) in [5, 5.41) is 7.64. The van der Waals surface area contributed by atoms with E-state index in [1.807, 2.05) is 72.8 Å². The van der Waals surface area contributed by atoms with Crippen LogP contribution in [0.5, 0.6) is 17.2 Å². The van der Waals surface area contributed by atoms with Crippen molar-refractivity contribution in [3.05, 3.63) is 95.0 Å². The standard InChI is InChI=1S/C26H26BrN3O3S/c1-3-9-20-10-7-8-13-23(20)32-14-15-33-25-22(27)16-19(17-24(25)31-2)18-28-30-26(34)29-21-11-5-4-6-12-21/h3-8,10-13,16-18H,1,9,14-15H2,2H3,(H2,29,30,34)/b28-18-. The quantitative estimate of drug-likeness (QED) is 0.103. The van der Waals surface area contributed by atoms with Gasteiger partial charge in [-0.05, 0) is 76.0 Å². The van der Waals surface area contributed by atoms with E-state index in [2.05, 4.69) is 38.4 Å². The number of ether oxygens (including phenoxy) is 3. The molecule has 0 radical (unpaired) electrons. The molecule has 0 aliphatic carbocycles. The fourth-order valence-electron chi connectivity index (χ4n) is 3.06. The fraction of sp³-hybridized carbons (Fsp3) is 0.154. The number of methoxy groups -OCH3 is 1. The van der Waals surface area contributed by atoms with Gasteiger partial charge >= 0.3 is 0 Å². The summed E-state index contributed by atoms with van der Waals surface area (Å²) < 4.78 is 18.1. The molecular formula is C26H26BrN3O3S. The van der Waals surface area contributed by atoms with Gasteiger partial charge in [0.05, 0.1) is 17.8 Å². The third-order valence-electron chi connectivity index (χ3n) is 4.59. The first kappa shape index (κ1) is 25.3. The Bertz CT molecular complexity index is 1140. The lowest BCUT2D eigenvalue weighted by atomic mass is 10.1. The second kappa shape index (κ2) is 13.4. The third-order valence-corrected chi connectivity index (χ3v) is 5.37. The number of hydrogen-bond donors (Lipinski definition) is 2. The van der Waals surface area contributed by atoms with Crippen molar-refractivity contribution in [2.45, 2.75) is 6.42 Å². The average molecular weight is 540 g/mol. The number of allylic oxidation sites excluding steroid dienone is 1. The van der Waals surface area contributed by atoms with Crippen LogP contribution in [-0.4, -0.2) is 31.7 Å². The van der Waals surface area contributed by atoms with Crippen LogP contribution in [0.3, 0.4) is 0 Å². The highest BCUT2D eigenvalue weighted by Gasteiger charge is 2.12. The molecule has 0 atom stereocenters. The van der Waals surface area contributed by atoms with Gasteiger partial charge < -0.3 is 19.5 Å². The molecule has 0 spiro atoms. The fourth-order valence-corrected chi connectivity index (χ4v) is 3.81. The van der Waals surface area contributed by atoms with Crippen molar-refractivity contribution in [3.8, 4) is 17.2 Å². The number of benzene rings is 3. The zero-order chi connectivity index (χ0) is 24.2. The summed E-state index contributed by atoms with van der Waals surface area (Å²) in [5.74, 6) is 2.00. The second-order valence-corrected chi connectivity index (χ2v) is 8.28. The van der Waals surface area contributed by atoms with Crippen molar-refractivity contribution in [3.63, 3.8) is 0 Å². The summed E-state index contributed by atoms with van der Waals surface area (Å²) in [5.41, 5.74) is 5.58. The van der Waals surface area contributed by atoms with Gasteiger partial charge in [0.15, 0.2) is 16.6 Å². The monoisotopic (exact) mass is 539 g/mol. The van der Waals surface area contributed by atoms with Gasteiger partial charge in [-0.2, -0.15) is 5.10 Å². The Balaban J connectivity index is 1.55. The number of anilines is 1. The van der Waals surface area contributed by atoms with Gasteiger partial charge in [0.2, 0.25) is 0 Å². The molecule has 0 aromatic heterocycles. The van der Waals surface area contributed by atoms with Crippen LogP contribution in [0.15, 0.2) is 89.0 Å². The Labute approximate surface area is 213 Å². The number of thiocarbonyl (C=S) groups is 1. The highest BCUT2D eigenvalue weighted by atomic mass is 79.9. The molecule has 0 aliphatic heterocycles. The molecule has 8 heteroatoms. The van der Waals surface area contributed by atoms with Crippen LogP contribution in [0.1, 0.15) is 11.1 Å². The van der Waals surface area contributed by atoms with E-state index in [9.17, 15) is 0 Å². The van der Waals surface area contributed by atoms with Crippen LogP contribution in [0.25, 0.3) is 0 Å². The van der Waals surface area contributed by atoms with Crippen molar-refractivity contribution in [2.24, 2.45) is 5.10 Å². The molecule has 0 bridgehead atoms. The normalized spacial score (nSPS) is 10.5. The lowest BCUT2D eigenvalue weighted by molar-refractivity contribution is 0.209. The number of nitrogens with zero attached hydrogens (tertiary/aromatic N) is 1. The number of hydrazone groups is 1. The Morgan fingerprint density at radius 3 is 2.53 bits per heavy atom. The summed E-state index contributed by atoms with van der Waals surface area (Å²) in [7, 11) is 1.59. The summed E-state index contributed by atoms with van der Waals surface area (Å²) in [6.45, 7) is 4.54. The van der Waals surface area contributed by atoms with Crippen LogP contribution >= 0.6 is 28.1 Å². The zero-order valence-electron chi connectivity index (χ0n) is 18.8. The molecular weight excluding hydrogens is 514 g/mol. The smallest absolute Gasteiger partial charge is 0.191 e. The van der Waals surface area contributed by atoms with E-state index in [1.165, 1.54) is 0 Å². The summed E-state index contributed by atoms with van der Waals surface area (Å²) >= 11 is 8.81. The lowest BCUT2D eigenvalue weighted by Crippen LogP contribution is -2.23. The largest absolute Gasteiger partial charge is 0.493 e. The summed E-state index contributed by atoms with van der Waals surface area (Å²) in [6.07, 6.45) is 4.26. The predicted molar refractivity (Wildman–Crippen MR) is 145 cm³/mol. The maximum absolute atomic E-state index is 5.94. The molecule has 0 fully saturated rings. The Morgan fingerprint density at radius 1 is 1.03 bits per heavy atom. The van der Waals surface area contributed by atoms with Gasteiger partial charge in [-0.15, -0.1) is 6.58 Å². The van der Waals surface area contributed by atoms with E-state index in [1.54, 1.807) is 13.3 Å². The molecule has 6 nitrogen and oxygen atoms in total. The summed E-state index contributed by atoms with van der Waals surface area (Å²) in [6, 6.07) is 21.2. The molecule has 2 N–H and O–H groups in total. The van der Waals surface area contributed by atoms with E-state index in [0.29, 0.717) is 29.8 Å². The van der Waals surface area contributed by atoms with Crippen molar-refractivity contribution in [1.29, 1.82) is 0 Å². The topological polar surface area (TPSA) is 64.1 Å². The van der Waals surface area contributed by atoms with Gasteiger partial charge in [0.25, 0.3) is 0 Å². The maximum atomic E-state index is 5.94. The molecule has 0 aliphatic rings. The molecule has 3 aromatic rings. The number of nitrogens with one attached hydrogen (secondary N) is 2. The van der Waals surface area contributed by atoms with Crippen LogP contribution < -0.4 is 25.0 Å². The first-order chi connectivity index (χ1) is 16.6. The predicted octanol–water partition coefficient (Wildman–Crippen LogP) is 5.96. The van der Waals surface area contributed by atoms with E-state index in [-0.39, 0.29) is 0 Å². The number of hydrogen-bond acceptors (Lipinski definition) is 5. The highest BCUT2D eigenvalue weighted by Crippen LogP contribution is 2.36. The van der Waals surface area contributed by atoms with Gasteiger partial charge in [0, 0.05) is 5.69 Å². The summed E-state index contributed by atoms with van der Waals surface area (Å²) in [4.78, 5) is 0. The molecule has 0 saturated carbocycles. The number of halogens is 1. The number of rotatable bonds is 11. The third kappa shape index (κ3) is 7.60. The second-order valence-electron chi connectivity index (χ2n) is 7.02. The minimum Gasteiger partial charge on any atom is -0.493 e.